The zero-order chi connectivity index (χ0) is 29.8. The average molecular weight is 626 g/mol. The third kappa shape index (κ3) is 6.19. The van der Waals surface area contributed by atoms with Gasteiger partial charge in [-0.3, -0.25) is 39.5 Å². The van der Waals surface area contributed by atoms with Crippen LogP contribution in [0, 0.1) is 20.2 Å². The van der Waals surface area contributed by atoms with Crippen LogP contribution < -0.4 is 10.2 Å². The summed E-state index contributed by atoms with van der Waals surface area (Å²) in [5, 5.41) is 33.4. The molecular weight excluding hydrogens is 602 g/mol. The monoisotopic (exact) mass is 625 g/mol. The Hall–Kier alpha value is -4.79. The van der Waals surface area contributed by atoms with Crippen molar-refractivity contribution in [2.75, 3.05) is 29.9 Å². The van der Waals surface area contributed by atoms with Gasteiger partial charge in [0.15, 0.2) is 5.69 Å². The maximum Gasteiger partial charge on any atom is 0.304 e. The molecule has 4 rings (SSSR count). The highest BCUT2D eigenvalue weighted by molar-refractivity contribution is 9.10. The Balaban J connectivity index is 1.59. The minimum Gasteiger partial charge on any atom is -0.370 e. The third-order valence-electron chi connectivity index (χ3n) is 6.47. The number of allylic oxidation sites excluding steroid dienone is 1. The lowest BCUT2D eigenvalue weighted by Crippen LogP contribution is -2.39. The van der Waals surface area contributed by atoms with Gasteiger partial charge in [0.1, 0.15) is 5.69 Å². The highest BCUT2D eigenvalue weighted by Crippen LogP contribution is 2.41. The second-order valence-corrected chi connectivity index (χ2v) is 9.92. The van der Waals surface area contributed by atoms with Crippen LogP contribution in [-0.2, 0) is 14.4 Å². The summed E-state index contributed by atoms with van der Waals surface area (Å²) in [6, 6.07) is 6.75. The van der Waals surface area contributed by atoms with Crippen LogP contribution in [0.25, 0.3) is 0 Å². The summed E-state index contributed by atoms with van der Waals surface area (Å²) in [4.78, 5) is 61.7. The van der Waals surface area contributed by atoms with Crippen molar-refractivity contribution in [2.24, 2.45) is 10.2 Å². The van der Waals surface area contributed by atoms with Crippen molar-refractivity contribution in [1.29, 1.82) is 0 Å². The summed E-state index contributed by atoms with van der Waals surface area (Å²) in [6.45, 7) is 4.22. The fourth-order valence-corrected chi connectivity index (χ4v) is 5.01. The number of nitro groups is 2. The van der Waals surface area contributed by atoms with Crippen LogP contribution in [0.1, 0.15) is 26.7 Å². The number of amides is 3. The van der Waals surface area contributed by atoms with Crippen LogP contribution in [0.2, 0.25) is 0 Å². The molecule has 212 valence electrons. The van der Waals surface area contributed by atoms with Crippen LogP contribution in [0.3, 0.4) is 0 Å². The summed E-state index contributed by atoms with van der Waals surface area (Å²) < 4.78 is -0.00493. The number of anilines is 2. The molecule has 2 aromatic carbocycles. The fraction of sp³-hybridized carbons (Fsp3) is 0.269. The van der Waals surface area contributed by atoms with Crippen molar-refractivity contribution < 1.29 is 24.2 Å². The van der Waals surface area contributed by atoms with E-state index >= 15 is 0 Å². The third-order valence-corrected chi connectivity index (χ3v) is 7.08. The largest absolute Gasteiger partial charge is 0.370 e. The summed E-state index contributed by atoms with van der Waals surface area (Å²) in [5.41, 5.74) is 0.739. The van der Waals surface area contributed by atoms with Gasteiger partial charge in [-0.1, -0.05) is 12.2 Å². The lowest BCUT2D eigenvalue weighted by Gasteiger charge is -2.26. The molecule has 1 heterocycles. The molecule has 1 aliphatic carbocycles. The van der Waals surface area contributed by atoms with Crippen molar-refractivity contribution >= 4 is 67.8 Å². The number of azo groups is 1. The van der Waals surface area contributed by atoms with Gasteiger partial charge < -0.3 is 10.2 Å². The minimum absolute atomic E-state index is 0.00493. The normalized spacial score (nSPS) is 14.6. The zero-order valence-corrected chi connectivity index (χ0v) is 23.6. The second-order valence-electron chi connectivity index (χ2n) is 9.07. The average Bonchev–Trinajstić information content (AvgIpc) is 3.17. The van der Waals surface area contributed by atoms with E-state index in [0.29, 0.717) is 36.3 Å². The van der Waals surface area contributed by atoms with Gasteiger partial charge in [0.2, 0.25) is 5.91 Å². The summed E-state index contributed by atoms with van der Waals surface area (Å²) in [5.74, 6) is -0.980. The van der Waals surface area contributed by atoms with Gasteiger partial charge in [-0.05, 0) is 53.9 Å². The van der Waals surface area contributed by atoms with E-state index in [4.69, 9.17) is 0 Å². The standard InChI is InChI=1S/C26H24BrN7O7/c1-3-31(10-11-32-25(36)18-6-4-5-7-19(18)26(32)37)16-8-9-21(22(13-16)28-15(2)35)29-30-24-20(27)12-17(33(38)39)14-23(24)34(40)41/h4,6,8-9,12-14H,3,5,7,10-11H2,1-2H3,(H,28,35). The molecule has 1 aliphatic heterocycles. The Morgan fingerprint density at radius 2 is 1.88 bits per heavy atom. The Bertz CT molecular complexity index is 1570. The van der Waals surface area contributed by atoms with Crippen molar-refractivity contribution in [3.63, 3.8) is 0 Å². The number of nitro benzene ring substituents is 2. The smallest absolute Gasteiger partial charge is 0.304 e. The van der Waals surface area contributed by atoms with Crippen LogP contribution in [0.5, 0.6) is 0 Å². The molecule has 1 N–H and O–H groups in total. The molecule has 2 aromatic rings. The van der Waals surface area contributed by atoms with Crippen molar-refractivity contribution in [3.05, 3.63) is 78.3 Å². The molecule has 0 radical (unpaired) electrons. The molecule has 0 unspecified atom stereocenters. The Kier molecular flexibility index (Phi) is 8.66. The predicted molar refractivity (Wildman–Crippen MR) is 152 cm³/mol. The van der Waals surface area contributed by atoms with E-state index in [1.54, 1.807) is 24.3 Å². The molecule has 0 atom stereocenters. The highest BCUT2D eigenvalue weighted by Gasteiger charge is 2.37. The van der Waals surface area contributed by atoms with Crippen LogP contribution in [-0.4, -0.2) is 52.1 Å². The molecule has 0 bridgehead atoms. The lowest BCUT2D eigenvalue weighted by atomic mass is 10.00. The first kappa shape index (κ1) is 29.2. The minimum atomic E-state index is -0.804. The molecule has 14 nitrogen and oxygen atoms in total. The molecule has 0 saturated carbocycles. The van der Waals surface area contributed by atoms with Gasteiger partial charge in [-0.2, -0.15) is 0 Å². The van der Waals surface area contributed by atoms with Crippen molar-refractivity contribution in [3.8, 4) is 0 Å². The number of nitrogens with zero attached hydrogens (tertiary/aromatic N) is 6. The van der Waals surface area contributed by atoms with E-state index in [9.17, 15) is 34.6 Å². The van der Waals surface area contributed by atoms with Gasteiger partial charge in [0.25, 0.3) is 17.5 Å². The van der Waals surface area contributed by atoms with E-state index in [0.717, 1.165) is 18.6 Å². The summed E-state index contributed by atoms with van der Waals surface area (Å²) in [6.07, 6.45) is 4.84. The number of nitrogens with one attached hydrogen (secondary N) is 1. The number of hydrogen-bond acceptors (Lipinski definition) is 10. The molecular formula is C26H24BrN7O7. The molecule has 0 spiro atoms. The van der Waals surface area contributed by atoms with E-state index in [-0.39, 0.29) is 39.9 Å². The molecule has 0 saturated heterocycles. The fourth-order valence-electron chi connectivity index (χ4n) is 4.50. The van der Waals surface area contributed by atoms with Gasteiger partial charge in [0, 0.05) is 49.5 Å². The van der Waals surface area contributed by atoms with Crippen LogP contribution in [0.4, 0.5) is 34.1 Å². The number of non-ortho nitro benzene ring substituents is 1. The number of carbonyl (C=O) groups excluding carboxylic acids is 3. The molecule has 41 heavy (non-hydrogen) atoms. The zero-order valence-electron chi connectivity index (χ0n) is 22.0. The number of likely N-dealkylation sites (N-methyl/N-ethyl adjacent to an activating group) is 1. The maximum atomic E-state index is 12.8. The number of hydrogen-bond donors (Lipinski definition) is 1. The van der Waals surface area contributed by atoms with E-state index in [1.807, 2.05) is 17.9 Å². The second kappa shape index (κ2) is 12.2. The Labute approximate surface area is 241 Å². The van der Waals surface area contributed by atoms with E-state index in [1.165, 1.54) is 11.8 Å². The molecule has 3 amide bonds. The first-order valence-corrected chi connectivity index (χ1v) is 13.3. The van der Waals surface area contributed by atoms with Crippen molar-refractivity contribution in [2.45, 2.75) is 26.7 Å². The molecule has 0 fully saturated rings. The molecule has 2 aliphatic rings. The number of halogens is 1. The van der Waals surface area contributed by atoms with E-state index < -0.39 is 27.1 Å². The first-order chi connectivity index (χ1) is 19.5. The lowest BCUT2D eigenvalue weighted by molar-refractivity contribution is -0.393. The number of carbonyl (C=O) groups is 3. The van der Waals surface area contributed by atoms with Crippen LogP contribution in [0.15, 0.2) is 68.3 Å². The predicted octanol–water partition coefficient (Wildman–Crippen LogP) is 5.48. The summed E-state index contributed by atoms with van der Waals surface area (Å²) in [7, 11) is 0. The number of imide groups is 1. The van der Waals surface area contributed by atoms with E-state index in [2.05, 4.69) is 31.5 Å². The first-order valence-electron chi connectivity index (χ1n) is 12.5. The highest BCUT2D eigenvalue weighted by atomic mass is 79.9. The van der Waals surface area contributed by atoms with Gasteiger partial charge >= 0.3 is 5.69 Å². The SMILES string of the molecule is CCN(CCN1C(=O)C2=C(CCC=C2)C1=O)c1ccc(N=Nc2c(Br)cc([N+](=O)[O-])cc2[N+](=O)[O-])c(NC(C)=O)c1. The quantitative estimate of drug-likeness (QED) is 0.156. The number of benzene rings is 2. The van der Waals surface area contributed by atoms with Gasteiger partial charge in [-0.25, -0.2) is 0 Å². The van der Waals surface area contributed by atoms with Gasteiger partial charge in [0.05, 0.1) is 26.1 Å². The van der Waals surface area contributed by atoms with Crippen molar-refractivity contribution in [1.82, 2.24) is 4.90 Å². The van der Waals surface area contributed by atoms with Gasteiger partial charge in [-0.15, -0.1) is 10.2 Å². The number of rotatable bonds is 10. The molecule has 0 aromatic heterocycles. The Morgan fingerprint density at radius 1 is 1.12 bits per heavy atom. The maximum absolute atomic E-state index is 12.8. The van der Waals surface area contributed by atoms with Crippen LogP contribution >= 0.6 is 15.9 Å². The summed E-state index contributed by atoms with van der Waals surface area (Å²) >= 11 is 3.08. The topological polar surface area (TPSA) is 181 Å². The Morgan fingerprint density at radius 3 is 2.51 bits per heavy atom. The molecule has 15 heteroatoms.